The molecule has 0 saturated heterocycles. The zero-order chi connectivity index (χ0) is 11.4. The fourth-order valence-corrected chi connectivity index (χ4v) is 2.53. The highest BCUT2D eigenvalue weighted by Gasteiger charge is 2.23. The van der Waals surface area contributed by atoms with E-state index >= 15 is 0 Å². The van der Waals surface area contributed by atoms with E-state index in [1.165, 1.54) is 38.4 Å². The number of nitrogen functional groups attached to an aromatic ring is 1. The Morgan fingerprint density at radius 3 is 2.94 bits per heavy atom. The van der Waals surface area contributed by atoms with Gasteiger partial charge in [-0.2, -0.15) is 0 Å². The minimum atomic E-state index is 0.529. The summed E-state index contributed by atoms with van der Waals surface area (Å²) in [6, 6.07) is 2.36. The first-order chi connectivity index (χ1) is 7.79. The van der Waals surface area contributed by atoms with E-state index in [1.54, 1.807) is 6.07 Å². The number of hydrogen-bond donors (Lipinski definition) is 2. The molecule has 1 fully saturated rings. The third-order valence-electron chi connectivity index (χ3n) is 3.45. The fraction of sp³-hybridized carbons (Fsp3) is 0.667. The summed E-state index contributed by atoms with van der Waals surface area (Å²) in [5, 5.41) is 3.49. The van der Waals surface area contributed by atoms with Gasteiger partial charge in [-0.1, -0.05) is 26.2 Å². The Labute approximate surface area is 96.7 Å². The van der Waals surface area contributed by atoms with Gasteiger partial charge in [0.1, 0.15) is 18.0 Å². The molecule has 16 heavy (non-hydrogen) atoms. The van der Waals surface area contributed by atoms with Gasteiger partial charge in [0, 0.05) is 12.1 Å². The van der Waals surface area contributed by atoms with Crippen molar-refractivity contribution < 1.29 is 0 Å². The molecule has 0 amide bonds. The summed E-state index contributed by atoms with van der Waals surface area (Å²) in [6.07, 6.45) is 7.99. The maximum absolute atomic E-state index is 5.64. The van der Waals surface area contributed by atoms with Gasteiger partial charge in [-0.25, -0.2) is 9.97 Å². The largest absolute Gasteiger partial charge is 0.384 e. The topological polar surface area (TPSA) is 63.8 Å². The SMILES string of the molecule is CCC1CCCCC1Nc1cc(N)ncn1. The first kappa shape index (κ1) is 11.2. The van der Waals surface area contributed by atoms with Gasteiger partial charge in [-0.05, 0) is 18.8 Å². The molecular weight excluding hydrogens is 200 g/mol. The predicted octanol–water partition coefficient (Wildman–Crippen LogP) is 2.44. The van der Waals surface area contributed by atoms with Crippen LogP contribution in [0, 0.1) is 5.92 Å². The molecule has 1 saturated carbocycles. The van der Waals surface area contributed by atoms with E-state index in [0.29, 0.717) is 11.9 Å². The van der Waals surface area contributed by atoms with Crippen LogP contribution < -0.4 is 11.1 Å². The quantitative estimate of drug-likeness (QED) is 0.821. The van der Waals surface area contributed by atoms with Gasteiger partial charge < -0.3 is 11.1 Å². The summed E-state index contributed by atoms with van der Waals surface area (Å²) in [5.41, 5.74) is 5.64. The molecule has 1 aliphatic carbocycles. The maximum atomic E-state index is 5.64. The molecule has 1 heterocycles. The number of anilines is 2. The van der Waals surface area contributed by atoms with Crippen LogP contribution in [0.2, 0.25) is 0 Å². The van der Waals surface area contributed by atoms with Crippen molar-refractivity contribution >= 4 is 11.6 Å². The lowest BCUT2D eigenvalue weighted by atomic mass is 9.83. The molecule has 2 rings (SSSR count). The molecule has 3 N–H and O–H groups in total. The van der Waals surface area contributed by atoms with Crippen molar-refractivity contribution in [2.45, 2.75) is 45.1 Å². The molecule has 0 spiro atoms. The lowest BCUT2D eigenvalue weighted by Gasteiger charge is -2.31. The van der Waals surface area contributed by atoms with Gasteiger partial charge in [0.05, 0.1) is 0 Å². The normalized spacial score (nSPS) is 25.3. The van der Waals surface area contributed by atoms with Crippen molar-refractivity contribution in [3.8, 4) is 0 Å². The molecular formula is C12H20N4. The number of nitrogens with zero attached hydrogens (tertiary/aromatic N) is 2. The summed E-state index contributed by atoms with van der Waals surface area (Å²) in [5.74, 6) is 2.16. The zero-order valence-electron chi connectivity index (χ0n) is 9.82. The van der Waals surface area contributed by atoms with Crippen LogP contribution in [-0.4, -0.2) is 16.0 Å². The van der Waals surface area contributed by atoms with Crippen molar-refractivity contribution in [2.24, 2.45) is 5.92 Å². The molecule has 0 radical (unpaired) electrons. The molecule has 2 atom stereocenters. The minimum absolute atomic E-state index is 0.529. The average Bonchev–Trinajstić information content (AvgIpc) is 2.30. The van der Waals surface area contributed by atoms with Gasteiger partial charge in [0.2, 0.25) is 0 Å². The fourth-order valence-electron chi connectivity index (χ4n) is 2.53. The van der Waals surface area contributed by atoms with E-state index in [4.69, 9.17) is 5.73 Å². The molecule has 4 nitrogen and oxygen atoms in total. The summed E-state index contributed by atoms with van der Waals surface area (Å²) >= 11 is 0. The molecule has 1 aromatic heterocycles. The van der Waals surface area contributed by atoms with Gasteiger partial charge in [0.25, 0.3) is 0 Å². The third-order valence-corrected chi connectivity index (χ3v) is 3.45. The summed E-state index contributed by atoms with van der Waals surface area (Å²) in [7, 11) is 0. The number of nitrogens with one attached hydrogen (secondary N) is 1. The molecule has 4 heteroatoms. The smallest absolute Gasteiger partial charge is 0.131 e. The second-order valence-corrected chi connectivity index (χ2v) is 4.53. The zero-order valence-corrected chi connectivity index (χ0v) is 9.82. The molecule has 2 unspecified atom stereocenters. The van der Waals surface area contributed by atoms with E-state index in [-0.39, 0.29) is 0 Å². The summed E-state index contributed by atoms with van der Waals surface area (Å²) in [6.45, 7) is 2.26. The van der Waals surface area contributed by atoms with Gasteiger partial charge in [0.15, 0.2) is 0 Å². The van der Waals surface area contributed by atoms with Crippen LogP contribution in [0.1, 0.15) is 39.0 Å². The van der Waals surface area contributed by atoms with E-state index in [1.807, 2.05) is 0 Å². The minimum Gasteiger partial charge on any atom is -0.384 e. The van der Waals surface area contributed by atoms with Crippen molar-refractivity contribution in [2.75, 3.05) is 11.1 Å². The van der Waals surface area contributed by atoms with Crippen molar-refractivity contribution in [1.82, 2.24) is 9.97 Å². The molecule has 1 aliphatic rings. The number of nitrogens with two attached hydrogens (primary N) is 1. The lowest BCUT2D eigenvalue weighted by molar-refractivity contribution is 0.317. The van der Waals surface area contributed by atoms with E-state index in [2.05, 4.69) is 22.2 Å². The van der Waals surface area contributed by atoms with E-state index < -0.39 is 0 Å². The van der Waals surface area contributed by atoms with Crippen LogP contribution >= 0.6 is 0 Å². The highest BCUT2D eigenvalue weighted by atomic mass is 15.0. The Kier molecular flexibility index (Phi) is 3.59. The van der Waals surface area contributed by atoms with Gasteiger partial charge >= 0.3 is 0 Å². The Morgan fingerprint density at radius 2 is 2.19 bits per heavy atom. The Morgan fingerprint density at radius 1 is 1.38 bits per heavy atom. The molecule has 88 valence electrons. The van der Waals surface area contributed by atoms with Crippen molar-refractivity contribution in [3.63, 3.8) is 0 Å². The van der Waals surface area contributed by atoms with Gasteiger partial charge in [-0.15, -0.1) is 0 Å². The lowest BCUT2D eigenvalue weighted by Crippen LogP contribution is -2.32. The first-order valence-electron chi connectivity index (χ1n) is 6.13. The molecule has 0 aromatic carbocycles. The van der Waals surface area contributed by atoms with Gasteiger partial charge in [-0.3, -0.25) is 0 Å². The number of aromatic nitrogens is 2. The van der Waals surface area contributed by atoms with E-state index in [0.717, 1.165) is 11.7 Å². The highest BCUT2D eigenvalue weighted by Crippen LogP contribution is 2.28. The van der Waals surface area contributed by atoms with Crippen LogP contribution in [0.4, 0.5) is 11.6 Å². The van der Waals surface area contributed by atoms with Crippen LogP contribution in [0.3, 0.4) is 0 Å². The average molecular weight is 220 g/mol. The van der Waals surface area contributed by atoms with Crippen LogP contribution in [0.25, 0.3) is 0 Å². The number of hydrogen-bond acceptors (Lipinski definition) is 4. The summed E-state index contributed by atoms with van der Waals surface area (Å²) < 4.78 is 0. The van der Waals surface area contributed by atoms with E-state index in [9.17, 15) is 0 Å². The van der Waals surface area contributed by atoms with Crippen LogP contribution in [0.15, 0.2) is 12.4 Å². The van der Waals surface area contributed by atoms with Crippen LogP contribution in [0.5, 0.6) is 0 Å². The summed E-state index contributed by atoms with van der Waals surface area (Å²) in [4.78, 5) is 8.10. The third kappa shape index (κ3) is 2.62. The van der Waals surface area contributed by atoms with Crippen LogP contribution in [-0.2, 0) is 0 Å². The monoisotopic (exact) mass is 220 g/mol. The van der Waals surface area contributed by atoms with Crippen molar-refractivity contribution in [3.05, 3.63) is 12.4 Å². The second kappa shape index (κ2) is 5.14. The molecule has 0 bridgehead atoms. The number of rotatable bonds is 3. The maximum Gasteiger partial charge on any atom is 0.131 e. The predicted molar refractivity (Wildman–Crippen MR) is 66.1 cm³/mol. The highest BCUT2D eigenvalue weighted by molar-refractivity contribution is 5.44. The first-order valence-corrected chi connectivity index (χ1v) is 6.13. The Bertz CT molecular complexity index is 340. The standard InChI is InChI=1S/C12H20N4/c1-2-9-5-3-4-6-10(9)16-12-7-11(13)14-8-15-12/h7-10H,2-6H2,1H3,(H3,13,14,15,16). The Balaban J connectivity index is 2.02. The molecule has 0 aliphatic heterocycles. The molecule has 1 aromatic rings. The Hall–Kier alpha value is -1.32. The van der Waals surface area contributed by atoms with Crippen molar-refractivity contribution in [1.29, 1.82) is 0 Å². The second-order valence-electron chi connectivity index (χ2n) is 4.53.